The Balaban J connectivity index is 1.83. The molecule has 18 heavy (non-hydrogen) atoms. The number of carbonyl (C=O) groups excluding carboxylic acids is 1. The van der Waals surface area contributed by atoms with Gasteiger partial charge in [0.25, 0.3) is 0 Å². The summed E-state index contributed by atoms with van der Waals surface area (Å²) >= 11 is 0. The number of hydrogen-bond acceptors (Lipinski definition) is 1. The Labute approximate surface area is 107 Å². The summed E-state index contributed by atoms with van der Waals surface area (Å²) in [5.74, 6) is 1.98. The third-order valence-electron chi connectivity index (χ3n) is 4.79. The van der Waals surface area contributed by atoms with Crippen LogP contribution in [0, 0.1) is 11.8 Å². The molecule has 2 fully saturated rings. The Bertz CT molecular complexity index is 640. The number of carbonyl (C=O) groups is 1. The van der Waals surface area contributed by atoms with Gasteiger partial charge >= 0.3 is 0 Å². The molecular weight excluding hydrogens is 222 g/mol. The number of aryl methyl sites for hydroxylation is 1. The standard InChI is InChI=1S/C16H17NO/c1-17-9-12(10-5-2-3-7-13(10)17)15-11-6-4-8-14(18)16(11)15/h2-3,5,7,9,11,15-16H,4,6,8H2,1H3/t11-,15+,16+/m0/s1. The van der Waals surface area contributed by atoms with Crippen LogP contribution < -0.4 is 0 Å². The van der Waals surface area contributed by atoms with E-state index in [9.17, 15) is 4.79 Å². The minimum atomic E-state index is 0.338. The molecule has 0 unspecified atom stereocenters. The average molecular weight is 239 g/mol. The molecule has 0 spiro atoms. The van der Waals surface area contributed by atoms with Gasteiger partial charge in [0, 0.05) is 36.5 Å². The van der Waals surface area contributed by atoms with E-state index < -0.39 is 0 Å². The molecule has 92 valence electrons. The fraction of sp³-hybridized carbons (Fsp3) is 0.438. The van der Waals surface area contributed by atoms with Crippen LogP contribution in [0.5, 0.6) is 0 Å². The van der Waals surface area contributed by atoms with Crippen LogP contribution in [0.3, 0.4) is 0 Å². The van der Waals surface area contributed by atoms with Crippen molar-refractivity contribution in [2.45, 2.75) is 25.2 Å². The second kappa shape index (κ2) is 3.47. The summed E-state index contributed by atoms with van der Waals surface area (Å²) in [5.41, 5.74) is 2.68. The quantitative estimate of drug-likeness (QED) is 0.748. The minimum absolute atomic E-state index is 0.338. The van der Waals surface area contributed by atoms with E-state index in [1.807, 2.05) is 0 Å². The topological polar surface area (TPSA) is 22.0 Å². The highest BCUT2D eigenvalue weighted by atomic mass is 16.1. The van der Waals surface area contributed by atoms with Crippen molar-refractivity contribution in [1.82, 2.24) is 4.57 Å². The second-order valence-corrected chi connectivity index (χ2v) is 5.79. The maximum Gasteiger partial charge on any atom is 0.136 e. The van der Waals surface area contributed by atoms with Crippen LogP contribution in [-0.2, 0) is 11.8 Å². The highest BCUT2D eigenvalue weighted by Crippen LogP contribution is 2.60. The largest absolute Gasteiger partial charge is 0.350 e. The molecule has 3 atom stereocenters. The van der Waals surface area contributed by atoms with E-state index in [1.54, 1.807) is 0 Å². The lowest BCUT2D eigenvalue weighted by atomic mass is 10.00. The van der Waals surface area contributed by atoms with Gasteiger partial charge in [-0.1, -0.05) is 18.2 Å². The van der Waals surface area contributed by atoms with Gasteiger partial charge in [0.15, 0.2) is 0 Å². The fourth-order valence-corrected chi connectivity index (χ4v) is 3.91. The minimum Gasteiger partial charge on any atom is -0.350 e. The van der Waals surface area contributed by atoms with Crippen molar-refractivity contribution in [2.24, 2.45) is 18.9 Å². The molecule has 2 saturated carbocycles. The Morgan fingerprint density at radius 1 is 1.22 bits per heavy atom. The molecule has 2 aliphatic rings. The number of ketones is 1. The number of rotatable bonds is 1. The third kappa shape index (κ3) is 1.26. The highest BCUT2D eigenvalue weighted by Gasteiger charge is 2.56. The molecule has 2 heteroatoms. The van der Waals surface area contributed by atoms with E-state index in [0.29, 0.717) is 23.5 Å². The number of nitrogens with zero attached hydrogens (tertiary/aromatic N) is 1. The van der Waals surface area contributed by atoms with Crippen LogP contribution in [0.15, 0.2) is 30.5 Å². The summed E-state index contributed by atoms with van der Waals surface area (Å²) in [4.78, 5) is 12.0. The first-order chi connectivity index (χ1) is 8.77. The van der Waals surface area contributed by atoms with Crippen LogP contribution in [0.1, 0.15) is 30.7 Å². The molecule has 0 amide bonds. The Morgan fingerprint density at radius 2 is 2.06 bits per heavy atom. The van der Waals surface area contributed by atoms with Crippen LogP contribution in [0.4, 0.5) is 0 Å². The lowest BCUT2D eigenvalue weighted by molar-refractivity contribution is -0.121. The number of para-hydroxylation sites is 1. The first-order valence-electron chi connectivity index (χ1n) is 6.84. The zero-order valence-electron chi connectivity index (χ0n) is 10.6. The molecule has 0 aliphatic heterocycles. The van der Waals surface area contributed by atoms with Crippen molar-refractivity contribution < 1.29 is 4.79 Å². The maximum atomic E-state index is 12.0. The summed E-state index contributed by atoms with van der Waals surface area (Å²) < 4.78 is 2.19. The van der Waals surface area contributed by atoms with Crippen LogP contribution in [0.2, 0.25) is 0 Å². The molecular formula is C16H17NO. The molecule has 1 aromatic heterocycles. The van der Waals surface area contributed by atoms with Gasteiger partial charge in [0.1, 0.15) is 5.78 Å². The Kier molecular flexibility index (Phi) is 2.00. The molecule has 0 radical (unpaired) electrons. The molecule has 2 aromatic rings. The van der Waals surface area contributed by atoms with Gasteiger partial charge in [0.2, 0.25) is 0 Å². The van der Waals surface area contributed by atoms with Crippen molar-refractivity contribution in [1.29, 1.82) is 0 Å². The zero-order valence-corrected chi connectivity index (χ0v) is 10.6. The van der Waals surface area contributed by atoms with Crippen LogP contribution >= 0.6 is 0 Å². The monoisotopic (exact) mass is 239 g/mol. The van der Waals surface area contributed by atoms with E-state index in [2.05, 4.69) is 42.1 Å². The number of Topliss-reactive ketones (excluding diaryl/α,β-unsaturated/α-hetero) is 1. The SMILES string of the molecule is Cn1cc([C@H]2[C@@H]3CCCC(=O)[C@@H]32)c2ccccc21. The molecule has 0 bridgehead atoms. The number of hydrogen-bond donors (Lipinski definition) is 0. The zero-order chi connectivity index (χ0) is 12.3. The molecule has 0 saturated heterocycles. The van der Waals surface area contributed by atoms with Crippen molar-refractivity contribution >= 4 is 16.7 Å². The summed E-state index contributed by atoms with van der Waals surface area (Å²) in [5, 5.41) is 1.34. The van der Waals surface area contributed by atoms with Crippen molar-refractivity contribution in [3.05, 3.63) is 36.0 Å². The molecule has 0 N–H and O–H groups in total. The van der Waals surface area contributed by atoms with Gasteiger partial charge in [0.05, 0.1) is 0 Å². The van der Waals surface area contributed by atoms with Gasteiger partial charge in [-0.15, -0.1) is 0 Å². The second-order valence-electron chi connectivity index (χ2n) is 5.79. The normalized spacial score (nSPS) is 30.5. The van der Waals surface area contributed by atoms with E-state index in [0.717, 1.165) is 12.8 Å². The van der Waals surface area contributed by atoms with Gasteiger partial charge in [-0.2, -0.15) is 0 Å². The third-order valence-corrected chi connectivity index (χ3v) is 4.79. The number of fused-ring (bicyclic) bond motifs is 2. The molecule has 1 heterocycles. The van der Waals surface area contributed by atoms with Crippen molar-refractivity contribution in [3.63, 3.8) is 0 Å². The van der Waals surface area contributed by atoms with Crippen molar-refractivity contribution in [2.75, 3.05) is 0 Å². The predicted octanol–water partition coefficient (Wildman–Crippen LogP) is 3.26. The molecule has 2 aliphatic carbocycles. The van der Waals surface area contributed by atoms with E-state index in [1.165, 1.54) is 22.9 Å². The summed E-state index contributed by atoms with van der Waals surface area (Å²) in [7, 11) is 2.10. The van der Waals surface area contributed by atoms with E-state index in [4.69, 9.17) is 0 Å². The van der Waals surface area contributed by atoms with E-state index in [-0.39, 0.29) is 0 Å². The summed E-state index contributed by atoms with van der Waals surface area (Å²) in [6, 6.07) is 8.53. The highest BCUT2D eigenvalue weighted by molar-refractivity contribution is 5.90. The van der Waals surface area contributed by atoms with Crippen LogP contribution in [0.25, 0.3) is 10.9 Å². The van der Waals surface area contributed by atoms with Gasteiger partial charge < -0.3 is 4.57 Å². The predicted molar refractivity (Wildman–Crippen MR) is 71.5 cm³/mol. The average Bonchev–Trinajstić information content (AvgIpc) is 3.03. The smallest absolute Gasteiger partial charge is 0.136 e. The van der Waals surface area contributed by atoms with Gasteiger partial charge in [-0.3, -0.25) is 4.79 Å². The first kappa shape index (κ1) is 10.4. The molecule has 2 nitrogen and oxygen atoms in total. The van der Waals surface area contributed by atoms with Crippen molar-refractivity contribution in [3.8, 4) is 0 Å². The van der Waals surface area contributed by atoms with E-state index >= 15 is 0 Å². The number of aromatic nitrogens is 1. The fourth-order valence-electron chi connectivity index (χ4n) is 3.91. The van der Waals surface area contributed by atoms with Gasteiger partial charge in [-0.25, -0.2) is 0 Å². The molecule has 1 aromatic carbocycles. The summed E-state index contributed by atoms with van der Waals surface area (Å²) in [6.07, 6.45) is 5.38. The Hall–Kier alpha value is -1.57. The lowest BCUT2D eigenvalue weighted by Crippen LogP contribution is -2.07. The Morgan fingerprint density at radius 3 is 2.89 bits per heavy atom. The lowest BCUT2D eigenvalue weighted by Gasteiger charge is -2.04. The van der Waals surface area contributed by atoms with Gasteiger partial charge in [-0.05, 0) is 36.3 Å². The molecule has 4 rings (SSSR count). The first-order valence-corrected chi connectivity index (χ1v) is 6.84. The maximum absolute atomic E-state index is 12.0. The summed E-state index contributed by atoms with van der Waals surface area (Å²) in [6.45, 7) is 0. The number of benzene rings is 1. The van der Waals surface area contributed by atoms with Crippen LogP contribution in [-0.4, -0.2) is 10.4 Å².